The highest BCUT2D eigenvalue weighted by Gasteiger charge is 2.28. The molecule has 0 heterocycles. The summed E-state index contributed by atoms with van der Waals surface area (Å²) in [4.78, 5) is 35.4. The maximum Gasteiger partial charge on any atom is 0.221 e. The third kappa shape index (κ3) is 2.54. The van der Waals surface area contributed by atoms with Gasteiger partial charge in [0, 0.05) is 41.9 Å². The number of benzene rings is 3. The fourth-order valence-corrected chi connectivity index (χ4v) is 3.47. The first-order valence-corrected chi connectivity index (χ1v) is 8.25. The number of hydrogen-bond donors (Lipinski definition) is 2. The molecule has 0 atom stereocenters. The van der Waals surface area contributed by atoms with Gasteiger partial charge in [-0.25, -0.2) is 0 Å². The second-order valence-electron chi connectivity index (χ2n) is 6.38. The third-order valence-electron chi connectivity index (χ3n) is 4.44. The minimum Gasteiger partial charge on any atom is -0.326 e. The third-order valence-corrected chi connectivity index (χ3v) is 4.44. The minimum absolute atomic E-state index is 0.0165. The van der Waals surface area contributed by atoms with Crippen molar-refractivity contribution in [2.75, 3.05) is 10.6 Å². The van der Waals surface area contributed by atoms with Crippen LogP contribution in [0.5, 0.6) is 0 Å². The van der Waals surface area contributed by atoms with Crippen LogP contribution in [0.1, 0.15) is 29.8 Å². The van der Waals surface area contributed by atoms with E-state index in [0.717, 1.165) is 21.9 Å². The van der Waals surface area contributed by atoms with Crippen LogP contribution >= 0.6 is 0 Å². The number of nitrogens with one attached hydrogen (secondary N) is 2. The van der Waals surface area contributed by atoms with Crippen molar-refractivity contribution in [3.63, 3.8) is 0 Å². The van der Waals surface area contributed by atoms with E-state index in [4.69, 9.17) is 0 Å². The highest BCUT2D eigenvalue weighted by molar-refractivity contribution is 6.26. The van der Waals surface area contributed by atoms with Crippen molar-refractivity contribution >= 4 is 39.7 Å². The number of amides is 2. The number of rotatable bonds is 2. The number of carbonyl (C=O) groups is 3. The van der Waals surface area contributed by atoms with E-state index in [1.165, 1.54) is 13.8 Å². The number of carbonyl (C=O) groups excluding carboxylic acids is 3. The van der Waals surface area contributed by atoms with Gasteiger partial charge < -0.3 is 10.6 Å². The zero-order valence-electron chi connectivity index (χ0n) is 14.3. The van der Waals surface area contributed by atoms with Gasteiger partial charge in [0.1, 0.15) is 0 Å². The normalized spacial score (nSPS) is 11.8. The van der Waals surface area contributed by atoms with E-state index in [2.05, 4.69) is 10.6 Å². The summed E-state index contributed by atoms with van der Waals surface area (Å²) in [6, 6.07) is 14.6. The van der Waals surface area contributed by atoms with Crippen LogP contribution in [0.4, 0.5) is 11.4 Å². The SMILES string of the molecule is CC(=O)Nc1ccc2c(c1)-c1c(ccc3cc(NC(C)=O)ccc13)C2=O. The Hall–Kier alpha value is -3.47. The minimum atomic E-state index is -0.160. The Kier molecular flexibility index (Phi) is 3.58. The lowest BCUT2D eigenvalue weighted by atomic mass is 9.97. The molecule has 5 nitrogen and oxygen atoms in total. The van der Waals surface area contributed by atoms with Crippen LogP contribution in [-0.4, -0.2) is 17.6 Å². The van der Waals surface area contributed by atoms with Gasteiger partial charge in [0.05, 0.1) is 0 Å². The molecule has 26 heavy (non-hydrogen) atoms. The molecule has 128 valence electrons. The average molecular weight is 344 g/mol. The van der Waals surface area contributed by atoms with Gasteiger partial charge >= 0.3 is 0 Å². The summed E-state index contributed by atoms with van der Waals surface area (Å²) >= 11 is 0. The summed E-state index contributed by atoms with van der Waals surface area (Å²) in [5, 5.41) is 7.40. The molecular weight excluding hydrogens is 328 g/mol. The van der Waals surface area contributed by atoms with Crippen LogP contribution in [0, 0.1) is 0 Å². The Balaban J connectivity index is 1.92. The van der Waals surface area contributed by atoms with Crippen molar-refractivity contribution in [3.05, 3.63) is 59.7 Å². The molecule has 5 heteroatoms. The van der Waals surface area contributed by atoms with Gasteiger partial charge in [0.15, 0.2) is 5.78 Å². The Labute approximate surface area is 150 Å². The van der Waals surface area contributed by atoms with Gasteiger partial charge in [-0.05, 0) is 52.7 Å². The smallest absolute Gasteiger partial charge is 0.221 e. The molecule has 3 aromatic rings. The van der Waals surface area contributed by atoms with Gasteiger partial charge in [0.2, 0.25) is 11.8 Å². The molecule has 0 unspecified atom stereocenters. The summed E-state index contributed by atoms with van der Waals surface area (Å²) in [6.45, 7) is 2.91. The van der Waals surface area contributed by atoms with E-state index in [1.807, 2.05) is 36.4 Å². The molecular formula is C21H16N2O3. The average Bonchev–Trinajstić information content (AvgIpc) is 2.86. The Morgan fingerprint density at radius 2 is 1.35 bits per heavy atom. The van der Waals surface area contributed by atoms with Crippen LogP contribution in [0.3, 0.4) is 0 Å². The molecule has 0 aliphatic heterocycles. The lowest BCUT2D eigenvalue weighted by Crippen LogP contribution is -2.06. The van der Waals surface area contributed by atoms with Crippen molar-refractivity contribution in [1.29, 1.82) is 0 Å². The molecule has 1 aliphatic carbocycles. The Morgan fingerprint density at radius 1 is 0.731 bits per heavy atom. The van der Waals surface area contributed by atoms with Gasteiger partial charge in [-0.3, -0.25) is 14.4 Å². The molecule has 0 radical (unpaired) electrons. The van der Waals surface area contributed by atoms with Crippen LogP contribution in [0.25, 0.3) is 21.9 Å². The lowest BCUT2D eigenvalue weighted by molar-refractivity contribution is -0.115. The zero-order chi connectivity index (χ0) is 18.4. The van der Waals surface area contributed by atoms with E-state index < -0.39 is 0 Å². The fraction of sp³-hybridized carbons (Fsp3) is 0.0952. The predicted molar refractivity (Wildman–Crippen MR) is 101 cm³/mol. The van der Waals surface area contributed by atoms with Crippen molar-refractivity contribution < 1.29 is 14.4 Å². The van der Waals surface area contributed by atoms with Crippen molar-refractivity contribution in [2.24, 2.45) is 0 Å². The second kappa shape index (κ2) is 5.81. The molecule has 0 saturated carbocycles. The van der Waals surface area contributed by atoms with Gasteiger partial charge in [0.25, 0.3) is 0 Å². The van der Waals surface area contributed by atoms with Crippen LogP contribution in [0.15, 0.2) is 48.5 Å². The van der Waals surface area contributed by atoms with Gasteiger partial charge in [-0.15, -0.1) is 0 Å². The predicted octanol–water partition coefficient (Wildman–Crippen LogP) is 3.97. The summed E-state index contributed by atoms with van der Waals surface area (Å²) in [7, 11) is 0. The van der Waals surface area contributed by atoms with E-state index in [9.17, 15) is 14.4 Å². The number of hydrogen-bond acceptors (Lipinski definition) is 3. The van der Waals surface area contributed by atoms with Gasteiger partial charge in [-0.2, -0.15) is 0 Å². The number of anilines is 2. The monoisotopic (exact) mass is 344 g/mol. The van der Waals surface area contributed by atoms with Crippen molar-refractivity contribution in [2.45, 2.75) is 13.8 Å². The quantitative estimate of drug-likeness (QED) is 0.578. The van der Waals surface area contributed by atoms with Crippen LogP contribution < -0.4 is 10.6 Å². The number of fused-ring (bicyclic) bond motifs is 5. The molecule has 0 fully saturated rings. The Bertz CT molecular complexity index is 1120. The molecule has 2 N–H and O–H groups in total. The first-order chi connectivity index (χ1) is 12.4. The maximum atomic E-state index is 12.7. The van der Waals surface area contributed by atoms with E-state index in [-0.39, 0.29) is 17.6 Å². The molecule has 0 spiro atoms. The highest BCUT2D eigenvalue weighted by atomic mass is 16.2. The molecule has 1 aliphatic rings. The standard InChI is InChI=1S/C21H16N2O3/c1-11(24)22-14-4-7-16-13(9-14)3-6-18-20(16)19-10-15(23-12(2)25)5-8-17(19)21(18)26/h3-10H,1-2H3,(H,22,24)(H,23,25). The van der Waals surface area contributed by atoms with E-state index in [1.54, 1.807) is 12.1 Å². The van der Waals surface area contributed by atoms with Gasteiger partial charge in [-0.1, -0.05) is 12.1 Å². The largest absolute Gasteiger partial charge is 0.326 e. The Morgan fingerprint density at radius 3 is 2.04 bits per heavy atom. The summed E-state index contributed by atoms with van der Waals surface area (Å²) in [6.07, 6.45) is 0. The fourth-order valence-electron chi connectivity index (χ4n) is 3.47. The lowest BCUT2D eigenvalue weighted by Gasteiger charge is -2.10. The van der Waals surface area contributed by atoms with Crippen LogP contribution in [-0.2, 0) is 9.59 Å². The van der Waals surface area contributed by atoms with Crippen molar-refractivity contribution in [3.8, 4) is 11.1 Å². The molecule has 4 rings (SSSR count). The maximum absolute atomic E-state index is 12.7. The topological polar surface area (TPSA) is 75.3 Å². The van der Waals surface area contributed by atoms with Crippen molar-refractivity contribution in [1.82, 2.24) is 0 Å². The van der Waals surface area contributed by atoms with Crippen LogP contribution in [0.2, 0.25) is 0 Å². The molecule has 0 aromatic heterocycles. The number of ketones is 1. The summed E-state index contributed by atoms with van der Waals surface area (Å²) in [5.74, 6) is -0.310. The summed E-state index contributed by atoms with van der Waals surface area (Å²) < 4.78 is 0. The first kappa shape index (κ1) is 16.0. The summed E-state index contributed by atoms with van der Waals surface area (Å²) in [5.41, 5.74) is 4.33. The zero-order valence-corrected chi connectivity index (χ0v) is 14.3. The highest BCUT2D eigenvalue weighted by Crippen LogP contribution is 2.42. The molecule has 3 aromatic carbocycles. The molecule has 0 saturated heterocycles. The van der Waals surface area contributed by atoms with E-state index >= 15 is 0 Å². The molecule has 2 amide bonds. The van der Waals surface area contributed by atoms with E-state index in [0.29, 0.717) is 22.5 Å². The first-order valence-electron chi connectivity index (χ1n) is 8.25. The second-order valence-corrected chi connectivity index (χ2v) is 6.38. The molecule has 0 bridgehead atoms.